The minimum absolute atomic E-state index is 0.173. The van der Waals surface area contributed by atoms with E-state index in [1.807, 2.05) is 11.8 Å². The zero-order chi connectivity index (χ0) is 26.1. The molecule has 10 nitrogen and oxygen atoms in total. The van der Waals surface area contributed by atoms with E-state index in [0.717, 1.165) is 0 Å². The number of carbonyl (C=O) groups excluding carboxylic acids is 1. The lowest BCUT2D eigenvalue weighted by Gasteiger charge is -2.34. The molecule has 4 aromatic rings. The highest BCUT2D eigenvalue weighted by Gasteiger charge is 2.30. The zero-order valence-corrected chi connectivity index (χ0v) is 21.8. The molecule has 0 aliphatic carbocycles. The molecule has 1 amide bonds. The van der Waals surface area contributed by atoms with E-state index < -0.39 is 18.2 Å². The maximum Gasteiger partial charge on any atom is 0.259 e. The number of methoxy groups -OCH3 is 2. The van der Waals surface area contributed by atoms with Gasteiger partial charge in [-0.2, -0.15) is 4.98 Å². The van der Waals surface area contributed by atoms with Crippen molar-refractivity contribution in [3.05, 3.63) is 47.1 Å². The smallest absolute Gasteiger partial charge is 0.259 e. The molecule has 0 saturated carbocycles. The summed E-state index contributed by atoms with van der Waals surface area (Å²) in [6.45, 7) is 2.60. The van der Waals surface area contributed by atoms with Gasteiger partial charge in [0, 0.05) is 36.7 Å². The number of carbonyl (C=O) groups is 1. The van der Waals surface area contributed by atoms with Crippen LogP contribution in [0.5, 0.6) is 5.75 Å². The van der Waals surface area contributed by atoms with Gasteiger partial charge in [0.1, 0.15) is 22.9 Å². The number of ether oxygens (including phenoxy) is 2. The minimum Gasteiger partial charge on any atom is -0.494 e. The highest BCUT2D eigenvalue weighted by atomic mass is 35.5. The van der Waals surface area contributed by atoms with Crippen LogP contribution < -0.4 is 15.0 Å². The third-order valence-corrected chi connectivity index (χ3v) is 7.13. The Bertz CT molecular complexity index is 1470. The first-order valence-corrected chi connectivity index (χ1v) is 12.6. The van der Waals surface area contributed by atoms with Crippen molar-refractivity contribution in [2.75, 3.05) is 37.5 Å². The molecule has 5 heterocycles. The highest BCUT2D eigenvalue weighted by Crippen LogP contribution is 2.34. The van der Waals surface area contributed by atoms with Crippen molar-refractivity contribution in [1.29, 1.82) is 0 Å². The predicted molar refractivity (Wildman–Crippen MR) is 139 cm³/mol. The van der Waals surface area contributed by atoms with E-state index in [0.29, 0.717) is 62.5 Å². The van der Waals surface area contributed by atoms with Crippen LogP contribution in [0.2, 0.25) is 5.15 Å². The normalized spacial score (nSPS) is 17.7. The number of aromatic nitrogens is 5. The van der Waals surface area contributed by atoms with Crippen LogP contribution in [-0.4, -0.2) is 70.4 Å². The molecule has 1 saturated heterocycles. The Kier molecular flexibility index (Phi) is 7.13. The molecule has 5 rings (SSSR count). The molecule has 1 aliphatic rings. The van der Waals surface area contributed by atoms with Gasteiger partial charge < -0.3 is 14.4 Å². The zero-order valence-electron chi connectivity index (χ0n) is 20.2. The molecule has 0 spiro atoms. The van der Waals surface area contributed by atoms with Gasteiger partial charge >= 0.3 is 0 Å². The molecule has 1 aliphatic heterocycles. The van der Waals surface area contributed by atoms with Crippen LogP contribution in [0.25, 0.3) is 21.6 Å². The van der Waals surface area contributed by atoms with Gasteiger partial charge in [-0.05, 0) is 25.5 Å². The summed E-state index contributed by atoms with van der Waals surface area (Å²) in [5.41, 5.74) is 2.61. The van der Waals surface area contributed by atoms with Crippen molar-refractivity contribution >= 4 is 50.3 Å². The number of hydrogen-bond donors (Lipinski definition) is 1. The molecular formula is C24H23ClFN7O3S. The fourth-order valence-electron chi connectivity index (χ4n) is 4.19. The topological polar surface area (TPSA) is 115 Å². The number of pyridine rings is 2. The van der Waals surface area contributed by atoms with E-state index in [4.69, 9.17) is 21.1 Å². The van der Waals surface area contributed by atoms with Crippen molar-refractivity contribution in [2.24, 2.45) is 0 Å². The molecule has 37 heavy (non-hydrogen) atoms. The van der Waals surface area contributed by atoms with Gasteiger partial charge in [-0.1, -0.05) is 22.9 Å². The number of aryl methyl sites for hydroxylation is 1. The average Bonchev–Trinajstić information content (AvgIpc) is 3.29. The average molecular weight is 544 g/mol. The fraction of sp³-hybridized carbons (Fsp3) is 0.333. The number of amides is 1. The SMILES string of the molecule is COc1cnc(Cl)cc1-c1cc(C)ncc1C(=O)Nc1nc2ncc(N3CC[C@H](OC)[C@H](F)C3)nc2s1. The summed E-state index contributed by atoms with van der Waals surface area (Å²) >= 11 is 7.31. The lowest BCUT2D eigenvalue weighted by atomic mass is 10.0. The van der Waals surface area contributed by atoms with Crippen LogP contribution in [0, 0.1) is 6.92 Å². The van der Waals surface area contributed by atoms with E-state index in [2.05, 4.69) is 30.2 Å². The van der Waals surface area contributed by atoms with Crippen LogP contribution in [0.1, 0.15) is 22.5 Å². The molecule has 0 bridgehead atoms. The second kappa shape index (κ2) is 10.5. The van der Waals surface area contributed by atoms with Crippen LogP contribution >= 0.6 is 22.9 Å². The number of nitrogens with one attached hydrogen (secondary N) is 1. The summed E-state index contributed by atoms with van der Waals surface area (Å²) in [5, 5.41) is 3.41. The van der Waals surface area contributed by atoms with Crippen LogP contribution in [-0.2, 0) is 4.74 Å². The van der Waals surface area contributed by atoms with Crippen LogP contribution in [0.15, 0.2) is 30.7 Å². The van der Waals surface area contributed by atoms with Crippen molar-refractivity contribution in [2.45, 2.75) is 25.6 Å². The van der Waals surface area contributed by atoms with Crippen LogP contribution in [0.4, 0.5) is 15.3 Å². The summed E-state index contributed by atoms with van der Waals surface area (Å²) in [7, 11) is 3.04. The number of rotatable bonds is 6. The number of hydrogen-bond acceptors (Lipinski definition) is 10. The number of fused-ring (bicyclic) bond motifs is 1. The standard InChI is InChI=1S/C24H23ClFN7O3S/c1-12-6-13(14-7-19(25)28-9-18(14)36-3)15(8-27-12)22(34)32-24-31-21-23(37-24)30-20(10-29-21)33-5-4-17(35-2)16(26)11-33/h6-10,16-17H,4-5,11H2,1-3H3,(H,29,31,32,34)/t16-,17+/m1/s1. The largest absolute Gasteiger partial charge is 0.494 e. The molecule has 0 unspecified atom stereocenters. The van der Waals surface area contributed by atoms with Crippen LogP contribution in [0.3, 0.4) is 0 Å². The third kappa shape index (κ3) is 5.17. The summed E-state index contributed by atoms with van der Waals surface area (Å²) in [4.78, 5) is 37.4. The van der Waals surface area contributed by atoms with Gasteiger partial charge in [0.25, 0.3) is 5.91 Å². The highest BCUT2D eigenvalue weighted by molar-refractivity contribution is 7.21. The second-order valence-corrected chi connectivity index (χ2v) is 9.80. The van der Waals surface area contributed by atoms with E-state index in [-0.39, 0.29) is 11.7 Å². The maximum absolute atomic E-state index is 14.4. The van der Waals surface area contributed by atoms with Gasteiger partial charge in [-0.15, -0.1) is 0 Å². The molecule has 2 atom stereocenters. The fourth-order valence-corrected chi connectivity index (χ4v) is 5.14. The number of halogens is 2. The molecule has 1 fully saturated rings. The number of alkyl halides is 1. The van der Waals surface area contributed by atoms with Gasteiger partial charge in [0.2, 0.25) is 0 Å². The summed E-state index contributed by atoms with van der Waals surface area (Å²) in [5.74, 6) is 0.603. The first-order chi connectivity index (χ1) is 17.9. The van der Waals surface area contributed by atoms with E-state index in [1.54, 1.807) is 18.3 Å². The van der Waals surface area contributed by atoms with Crippen molar-refractivity contribution < 1.29 is 18.7 Å². The molecule has 192 valence electrons. The molecule has 0 aromatic carbocycles. The molecule has 1 N–H and O–H groups in total. The molecule has 0 radical (unpaired) electrons. The molecule has 13 heteroatoms. The second-order valence-electron chi connectivity index (χ2n) is 8.43. The van der Waals surface area contributed by atoms with Crippen molar-refractivity contribution in [3.8, 4) is 16.9 Å². The lowest BCUT2D eigenvalue weighted by molar-refractivity contribution is 0.0195. The first kappa shape index (κ1) is 25.2. The Morgan fingerprint density at radius 1 is 1.16 bits per heavy atom. The van der Waals surface area contributed by atoms with Gasteiger partial charge in [0.15, 0.2) is 15.6 Å². The number of anilines is 2. The Morgan fingerprint density at radius 2 is 2.00 bits per heavy atom. The van der Waals surface area contributed by atoms with Crippen molar-refractivity contribution in [1.82, 2.24) is 24.9 Å². The Morgan fingerprint density at radius 3 is 2.76 bits per heavy atom. The monoisotopic (exact) mass is 543 g/mol. The Labute approximate surface area is 220 Å². The molecular weight excluding hydrogens is 521 g/mol. The van der Waals surface area contributed by atoms with E-state index in [9.17, 15) is 9.18 Å². The van der Waals surface area contributed by atoms with Gasteiger partial charge in [-0.3, -0.25) is 15.1 Å². The maximum atomic E-state index is 14.4. The lowest BCUT2D eigenvalue weighted by Crippen LogP contribution is -2.45. The van der Waals surface area contributed by atoms with E-state index in [1.165, 1.54) is 38.0 Å². The van der Waals surface area contributed by atoms with Gasteiger partial charge in [0.05, 0.1) is 37.7 Å². The number of nitrogens with zero attached hydrogens (tertiary/aromatic N) is 6. The summed E-state index contributed by atoms with van der Waals surface area (Å²) in [6.07, 6.45) is 3.59. The summed E-state index contributed by atoms with van der Waals surface area (Å²) < 4.78 is 25.0. The third-order valence-electron chi connectivity index (χ3n) is 6.07. The number of piperidine rings is 1. The van der Waals surface area contributed by atoms with Gasteiger partial charge in [-0.25, -0.2) is 19.3 Å². The summed E-state index contributed by atoms with van der Waals surface area (Å²) in [6, 6.07) is 3.41. The first-order valence-electron chi connectivity index (χ1n) is 11.4. The van der Waals surface area contributed by atoms with E-state index >= 15 is 0 Å². The Hall–Kier alpha value is -3.48. The van der Waals surface area contributed by atoms with Crippen molar-refractivity contribution in [3.63, 3.8) is 0 Å². The number of thiazole rings is 1. The quantitative estimate of drug-likeness (QED) is 0.355. The minimum atomic E-state index is -1.11. The molecule has 4 aromatic heterocycles. The predicted octanol–water partition coefficient (Wildman–Crippen LogP) is 4.33. The Balaban J connectivity index is 1.41.